The molecule has 0 saturated heterocycles. The zero-order valence-electron chi connectivity index (χ0n) is 25.0. The van der Waals surface area contributed by atoms with E-state index in [9.17, 15) is 9.18 Å². The van der Waals surface area contributed by atoms with E-state index in [1.54, 1.807) is 26.4 Å². The highest BCUT2D eigenvalue weighted by Gasteiger charge is 2.36. The van der Waals surface area contributed by atoms with Crippen LogP contribution in [0.3, 0.4) is 0 Å². The summed E-state index contributed by atoms with van der Waals surface area (Å²) < 4.78 is 26.0. The topological polar surface area (TPSA) is 116 Å². The normalized spacial score (nSPS) is 15.6. The van der Waals surface area contributed by atoms with E-state index in [4.69, 9.17) is 26.1 Å². The molecule has 0 spiro atoms. The van der Waals surface area contributed by atoms with Crippen LogP contribution >= 0.6 is 27.5 Å². The molecular weight excluding hydrogens is 651 g/mol. The van der Waals surface area contributed by atoms with Gasteiger partial charge >= 0.3 is 0 Å². The second-order valence-electron chi connectivity index (χ2n) is 10.8. The summed E-state index contributed by atoms with van der Waals surface area (Å²) in [5, 5.41) is 4.47. The summed E-state index contributed by atoms with van der Waals surface area (Å²) in [6.45, 7) is 4.99. The average Bonchev–Trinajstić information content (AvgIpc) is 3.77. The highest BCUT2D eigenvalue weighted by molar-refractivity contribution is 9.10. The molecule has 232 valence electrons. The quantitative estimate of drug-likeness (QED) is 0.213. The van der Waals surface area contributed by atoms with E-state index in [1.165, 1.54) is 12.1 Å². The summed E-state index contributed by atoms with van der Waals surface area (Å²) in [7, 11) is 3.25. The number of primary amides is 1. The third kappa shape index (κ3) is 7.72. The second-order valence-corrected chi connectivity index (χ2v) is 12.1. The minimum absolute atomic E-state index is 0.0111. The highest BCUT2D eigenvalue weighted by Crippen LogP contribution is 2.47. The van der Waals surface area contributed by atoms with E-state index in [2.05, 4.69) is 49.7 Å². The van der Waals surface area contributed by atoms with E-state index in [1.807, 2.05) is 25.1 Å². The smallest absolute Gasteiger partial charge is 0.251 e. The van der Waals surface area contributed by atoms with Gasteiger partial charge in [0.25, 0.3) is 5.91 Å². The third-order valence-corrected chi connectivity index (χ3v) is 8.51. The number of aryl methyl sites for hydroxylation is 1. The molecule has 4 aromatic rings. The van der Waals surface area contributed by atoms with Gasteiger partial charge in [-0.05, 0) is 90.1 Å². The summed E-state index contributed by atoms with van der Waals surface area (Å²) >= 11 is 9.74. The van der Waals surface area contributed by atoms with Gasteiger partial charge in [-0.2, -0.15) is 0 Å². The fraction of sp³-hybridized carbons (Fsp3) is 0.333. The van der Waals surface area contributed by atoms with Gasteiger partial charge in [-0.25, -0.2) is 9.37 Å². The van der Waals surface area contributed by atoms with Gasteiger partial charge in [0.05, 0.1) is 17.8 Å². The lowest BCUT2D eigenvalue weighted by molar-refractivity contribution is -0.106. The number of carbonyl (C=O) groups excluding carboxylic acids is 2. The number of benzene rings is 2. The molecule has 11 heteroatoms. The average molecular weight is 686 g/mol. The van der Waals surface area contributed by atoms with Crippen LogP contribution in [-0.4, -0.2) is 49.7 Å². The number of hydrogen-bond donors (Lipinski definition) is 2. The molecule has 2 amide bonds. The minimum Gasteiger partial charge on any atom is -0.490 e. The molecule has 0 radical (unpaired) electrons. The zero-order chi connectivity index (χ0) is 32.0. The predicted molar refractivity (Wildman–Crippen MR) is 174 cm³/mol. The Kier molecular flexibility index (Phi) is 11.3. The van der Waals surface area contributed by atoms with E-state index in [0.29, 0.717) is 46.7 Å². The van der Waals surface area contributed by atoms with Crippen molar-refractivity contribution < 1.29 is 23.5 Å². The molecule has 3 heterocycles. The van der Waals surface area contributed by atoms with Crippen LogP contribution in [0.25, 0.3) is 22.2 Å². The van der Waals surface area contributed by atoms with Gasteiger partial charge in [-0.1, -0.05) is 18.5 Å². The summed E-state index contributed by atoms with van der Waals surface area (Å²) in [5.74, 6) is 0.664. The van der Waals surface area contributed by atoms with Gasteiger partial charge in [-0.3, -0.25) is 14.6 Å². The number of halogens is 3. The predicted octanol–water partition coefficient (Wildman–Crippen LogP) is 6.94. The number of nitrogens with two attached hydrogens (primary N) is 1. The number of fused-ring (bicyclic) bond motifs is 2. The lowest BCUT2D eigenvalue weighted by atomic mass is 9.93. The standard InChI is InChI=1S/C30H26BrClFN3O2.C2H6O.CH3NO/c1-15-14-38-29-21(15)12-27(36-28(29)22-11-20(32)6-7-25(22)33)23(17-3-4-17)13-34-30(37)18-5-8-26-19(9-18)10-24(31)16(2)35-26;1-3-2;2-1-3/h5-12,15,17,23H,3-4,13-14H2,1-2H3,(H,34,37);1-2H3;1H,(H2,2,3). The molecule has 0 bridgehead atoms. The monoisotopic (exact) mass is 684 g/mol. The molecule has 44 heavy (non-hydrogen) atoms. The van der Waals surface area contributed by atoms with E-state index >= 15 is 0 Å². The van der Waals surface area contributed by atoms with Crippen LogP contribution in [0, 0.1) is 18.7 Å². The van der Waals surface area contributed by atoms with Crippen molar-refractivity contribution in [2.75, 3.05) is 27.4 Å². The number of nitrogens with zero attached hydrogens (tertiary/aromatic N) is 2. The summed E-state index contributed by atoms with van der Waals surface area (Å²) in [6.07, 6.45) is 2.39. The van der Waals surface area contributed by atoms with Gasteiger partial charge in [0.15, 0.2) is 0 Å². The van der Waals surface area contributed by atoms with E-state index in [0.717, 1.165) is 45.2 Å². The fourth-order valence-electron chi connectivity index (χ4n) is 5.15. The van der Waals surface area contributed by atoms with Crippen LogP contribution < -0.4 is 15.8 Å². The van der Waals surface area contributed by atoms with Crippen LogP contribution in [0.4, 0.5) is 4.39 Å². The number of methoxy groups -OCH3 is 1. The Morgan fingerprint density at radius 3 is 2.59 bits per heavy atom. The Labute approximate surface area is 269 Å². The third-order valence-electron chi connectivity index (χ3n) is 7.47. The van der Waals surface area contributed by atoms with Crippen molar-refractivity contribution in [3.63, 3.8) is 0 Å². The number of carbonyl (C=O) groups is 2. The number of nitrogens with one attached hydrogen (secondary N) is 1. The number of amides is 2. The van der Waals surface area contributed by atoms with Crippen molar-refractivity contribution in [1.29, 1.82) is 0 Å². The Balaban J connectivity index is 0.000000683. The largest absolute Gasteiger partial charge is 0.490 e. The molecular formula is C33H35BrClFN4O4. The molecule has 3 N–H and O–H groups in total. The van der Waals surface area contributed by atoms with E-state index in [-0.39, 0.29) is 24.2 Å². The first-order valence-electron chi connectivity index (χ1n) is 14.1. The first kappa shape index (κ1) is 33.3. The summed E-state index contributed by atoms with van der Waals surface area (Å²) in [6, 6.07) is 14.1. The number of hydrogen-bond acceptors (Lipinski definition) is 6. The summed E-state index contributed by atoms with van der Waals surface area (Å²) in [4.78, 5) is 31.3. The minimum atomic E-state index is -0.395. The number of pyridine rings is 2. The second kappa shape index (κ2) is 14.9. The Bertz CT molecular complexity index is 1670. The molecule has 1 aliphatic carbocycles. The first-order chi connectivity index (χ1) is 21.1. The van der Waals surface area contributed by atoms with Crippen molar-refractivity contribution >= 4 is 50.8 Å². The van der Waals surface area contributed by atoms with Gasteiger partial charge in [-0.15, -0.1) is 0 Å². The molecule has 2 aromatic carbocycles. The molecule has 1 aliphatic heterocycles. The summed E-state index contributed by atoms with van der Waals surface area (Å²) in [5.41, 5.74) is 9.16. The van der Waals surface area contributed by atoms with Crippen LogP contribution in [0.2, 0.25) is 5.02 Å². The van der Waals surface area contributed by atoms with Gasteiger partial charge in [0.1, 0.15) is 17.3 Å². The van der Waals surface area contributed by atoms with Crippen molar-refractivity contribution in [3.05, 3.63) is 86.4 Å². The SMILES string of the molecule is COC.Cc1nc2ccc(C(=O)NCC(c3cc4c(c(-c5cc(Cl)ccc5F)n3)OCC4C)C3CC3)cc2cc1Br.NC=O. The van der Waals surface area contributed by atoms with Gasteiger partial charge in [0, 0.05) is 69.9 Å². The van der Waals surface area contributed by atoms with Crippen LogP contribution in [0.15, 0.2) is 53.0 Å². The fourth-order valence-corrected chi connectivity index (χ4v) is 5.65. The zero-order valence-corrected chi connectivity index (χ0v) is 27.3. The first-order valence-corrected chi connectivity index (χ1v) is 15.3. The van der Waals surface area contributed by atoms with Crippen molar-refractivity contribution in [1.82, 2.24) is 15.3 Å². The highest BCUT2D eigenvalue weighted by atomic mass is 79.9. The molecule has 6 rings (SSSR count). The maximum Gasteiger partial charge on any atom is 0.251 e. The molecule has 2 aliphatic rings. The van der Waals surface area contributed by atoms with Crippen molar-refractivity contribution in [2.45, 2.75) is 38.5 Å². The lowest BCUT2D eigenvalue weighted by Crippen LogP contribution is -2.29. The maximum absolute atomic E-state index is 14.9. The molecule has 1 fully saturated rings. The van der Waals surface area contributed by atoms with Crippen LogP contribution in [0.1, 0.15) is 58.9 Å². The molecule has 8 nitrogen and oxygen atoms in total. The Hall–Kier alpha value is -3.60. The number of aromatic nitrogens is 2. The molecule has 2 aromatic heterocycles. The van der Waals surface area contributed by atoms with Gasteiger partial charge in [0.2, 0.25) is 6.41 Å². The Morgan fingerprint density at radius 2 is 1.91 bits per heavy atom. The Morgan fingerprint density at radius 1 is 1.20 bits per heavy atom. The molecule has 2 unspecified atom stereocenters. The maximum atomic E-state index is 14.9. The van der Waals surface area contributed by atoms with Crippen LogP contribution in [-0.2, 0) is 9.53 Å². The molecule has 2 atom stereocenters. The van der Waals surface area contributed by atoms with E-state index < -0.39 is 5.82 Å². The number of rotatable bonds is 6. The van der Waals surface area contributed by atoms with Gasteiger partial charge < -0.3 is 20.5 Å². The molecule has 1 saturated carbocycles. The van der Waals surface area contributed by atoms with Crippen molar-refractivity contribution in [3.8, 4) is 17.0 Å². The number of ether oxygens (including phenoxy) is 2. The lowest BCUT2D eigenvalue weighted by Gasteiger charge is -2.20. The van der Waals surface area contributed by atoms with Crippen molar-refractivity contribution in [2.24, 2.45) is 11.7 Å². The van der Waals surface area contributed by atoms with Crippen LogP contribution in [0.5, 0.6) is 5.75 Å².